The van der Waals surface area contributed by atoms with Crippen molar-refractivity contribution in [3.63, 3.8) is 0 Å². The minimum atomic E-state index is -0.388. The van der Waals surface area contributed by atoms with Gasteiger partial charge in [0.1, 0.15) is 4.99 Å². The quantitative estimate of drug-likeness (QED) is 0.827. The van der Waals surface area contributed by atoms with Crippen LogP contribution in [0, 0.1) is 0 Å². The van der Waals surface area contributed by atoms with Crippen LogP contribution in [0.1, 0.15) is 17.5 Å². The molecule has 1 heterocycles. The lowest BCUT2D eigenvalue weighted by atomic mass is 10.1. The zero-order chi connectivity index (χ0) is 15.4. The first kappa shape index (κ1) is 16.0. The van der Waals surface area contributed by atoms with Gasteiger partial charge in [-0.15, -0.1) is 0 Å². The first-order chi connectivity index (χ1) is 9.99. The lowest BCUT2D eigenvalue weighted by Gasteiger charge is -2.17. The van der Waals surface area contributed by atoms with Crippen molar-refractivity contribution in [2.45, 2.75) is 19.0 Å². The van der Waals surface area contributed by atoms with Gasteiger partial charge >= 0.3 is 6.09 Å². The molecule has 1 aliphatic rings. The number of likely N-dealkylation sites (tertiary alicyclic amines) is 1. The van der Waals surface area contributed by atoms with Gasteiger partial charge < -0.3 is 15.8 Å². The van der Waals surface area contributed by atoms with Crippen LogP contribution in [-0.4, -0.2) is 42.2 Å². The van der Waals surface area contributed by atoms with Gasteiger partial charge in [0.2, 0.25) is 0 Å². The van der Waals surface area contributed by atoms with Gasteiger partial charge in [-0.05, 0) is 18.1 Å². The van der Waals surface area contributed by atoms with E-state index in [-0.39, 0.29) is 12.1 Å². The highest BCUT2D eigenvalue weighted by molar-refractivity contribution is 7.80. The number of nitrogens with zero attached hydrogens (tertiary/aromatic N) is 1. The number of ether oxygens (including phenoxy) is 1. The molecule has 0 saturated carbocycles. The van der Waals surface area contributed by atoms with E-state index >= 15 is 0 Å². The topological polar surface area (TPSA) is 67.6 Å². The van der Waals surface area contributed by atoms with Gasteiger partial charge in [0.15, 0.2) is 0 Å². The molecule has 0 bridgehead atoms. The van der Waals surface area contributed by atoms with Gasteiger partial charge in [-0.25, -0.2) is 4.79 Å². The van der Waals surface area contributed by atoms with Crippen molar-refractivity contribution in [3.8, 4) is 0 Å². The molecule has 21 heavy (non-hydrogen) atoms. The average Bonchev–Trinajstić information content (AvgIpc) is 2.88. The monoisotopic (exact) mass is 327 g/mol. The maximum atomic E-state index is 11.2. The number of thiocarbonyl (C=S) groups is 1. The summed E-state index contributed by atoms with van der Waals surface area (Å²) >= 11 is 11.2. The summed E-state index contributed by atoms with van der Waals surface area (Å²) in [5.41, 5.74) is 7.38. The van der Waals surface area contributed by atoms with Gasteiger partial charge in [-0.2, -0.15) is 0 Å². The summed E-state index contributed by atoms with van der Waals surface area (Å²) in [5.74, 6) is 0. The van der Waals surface area contributed by atoms with E-state index in [2.05, 4.69) is 15.0 Å². The van der Waals surface area contributed by atoms with Crippen molar-refractivity contribution in [1.82, 2.24) is 10.2 Å². The van der Waals surface area contributed by atoms with Crippen LogP contribution in [0.25, 0.3) is 0 Å². The zero-order valence-corrected chi connectivity index (χ0v) is 13.3. The van der Waals surface area contributed by atoms with Crippen LogP contribution in [0.4, 0.5) is 4.79 Å². The number of hydrogen-bond acceptors (Lipinski definition) is 4. The third-order valence-electron chi connectivity index (χ3n) is 3.51. The fourth-order valence-corrected chi connectivity index (χ4v) is 2.76. The minimum absolute atomic E-state index is 0.118. The van der Waals surface area contributed by atoms with Crippen molar-refractivity contribution < 1.29 is 9.53 Å². The van der Waals surface area contributed by atoms with Gasteiger partial charge in [0, 0.05) is 36.3 Å². The van der Waals surface area contributed by atoms with Crippen molar-refractivity contribution in [2.24, 2.45) is 5.73 Å². The van der Waals surface area contributed by atoms with Crippen molar-refractivity contribution >= 4 is 34.9 Å². The van der Waals surface area contributed by atoms with Gasteiger partial charge in [-0.3, -0.25) is 4.90 Å². The summed E-state index contributed by atoms with van der Waals surface area (Å²) in [5, 5.41) is 3.47. The number of halogens is 1. The van der Waals surface area contributed by atoms with E-state index in [4.69, 9.17) is 29.6 Å². The van der Waals surface area contributed by atoms with Gasteiger partial charge in [-0.1, -0.05) is 36.0 Å². The van der Waals surface area contributed by atoms with E-state index in [1.54, 1.807) is 6.07 Å². The third kappa shape index (κ3) is 4.30. The lowest BCUT2D eigenvalue weighted by Crippen LogP contribution is -2.36. The van der Waals surface area contributed by atoms with Crippen molar-refractivity contribution in [1.29, 1.82) is 0 Å². The molecular formula is C14H18ClN3O2S. The van der Waals surface area contributed by atoms with E-state index in [0.29, 0.717) is 10.0 Å². The van der Waals surface area contributed by atoms with Crippen LogP contribution in [-0.2, 0) is 11.3 Å². The van der Waals surface area contributed by atoms with Gasteiger partial charge in [0.05, 0.1) is 7.11 Å². The second-order valence-corrected chi connectivity index (χ2v) is 5.87. The number of benzene rings is 1. The standard InChI is InChI=1S/C14H18ClN3O2S/c1-20-14(19)17-11-4-5-18(8-11)7-10-3-2-9(13(16)21)6-12(10)15/h2-3,6,11H,4-5,7-8H2,1H3,(H2,16,21)(H,17,19). The molecule has 1 saturated heterocycles. The molecule has 7 heteroatoms. The van der Waals surface area contributed by atoms with Crippen molar-refractivity contribution in [2.75, 3.05) is 20.2 Å². The molecule has 0 radical (unpaired) electrons. The predicted molar refractivity (Wildman–Crippen MR) is 86.6 cm³/mol. The van der Waals surface area contributed by atoms with E-state index in [9.17, 15) is 4.79 Å². The summed E-state index contributed by atoms with van der Waals surface area (Å²) in [6.45, 7) is 2.42. The molecule has 3 N–H and O–H groups in total. The average molecular weight is 328 g/mol. The number of methoxy groups -OCH3 is 1. The molecular weight excluding hydrogens is 310 g/mol. The molecule has 0 aromatic heterocycles. The molecule has 0 aliphatic carbocycles. The molecule has 1 unspecified atom stereocenters. The highest BCUT2D eigenvalue weighted by atomic mass is 35.5. The molecule has 2 rings (SSSR count). The fourth-order valence-electron chi connectivity index (χ4n) is 2.39. The van der Waals surface area contributed by atoms with Crippen LogP contribution >= 0.6 is 23.8 Å². The fraction of sp³-hybridized carbons (Fsp3) is 0.429. The Morgan fingerprint density at radius 2 is 2.38 bits per heavy atom. The number of carbonyl (C=O) groups excluding carboxylic acids is 1. The first-order valence-corrected chi connectivity index (χ1v) is 7.43. The van der Waals surface area contributed by atoms with E-state index in [0.717, 1.165) is 37.2 Å². The maximum absolute atomic E-state index is 11.2. The van der Waals surface area contributed by atoms with Crippen LogP contribution in [0.3, 0.4) is 0 Å². The zero-order valence-electron chi connectivity index (χ0n) is 11.8. The highest BCUT2D eigenvalue weighted by Crippen LogP contribution is 2.22. The molecule has 114 valence electrons. The smallest absolute Gasteiger partial charge is 0.407 e. The summed E-state index contributed by atoms with van der Waals surface area (Å²) in [6, 6.07) is 5.73. The number of rotatable bonds is 4. The molecule has 1 atom stereocenters. The van der Waals surface area contributed by atoms with E-state index < -0.39 is 0 Å². The van der Waals surface area contributed by atoms with Crippen molar-refractivity contribution in [3.05, 3.63) is 34.3 Å². The van der Waals surface area contributed by atoms with Crippen LogP contribution in [0.15, 0.2) is 18.2 Å². The Hall–Kier alpha value is -1.37. The lowest BCUT2D eigenvalue weighted by molar-refractivity contribution is 0.166. The summed E-state index contributed by atoms with van der Waals surface area (Å²) in [4.78, 5) is 13.8. The second-order valence-electron chi connectivity index (χ2n) is 5.03. The Morgan fingerprint density at radius 1 is 1.62 bits per heavy atom. The Balaban J connectivity index is 1.94. The summed E-state index contributed by atoms with van der Waals surface area (Å²) in [6.07, 6.45) is 0.512. The number of hydrogen-bond donors (Lipinski definition) is 2. The van der Waals surface area contributed by atoms with Crippen LogP contribution in [0.2, 0.25) is 5.02 Å². The number of nitrogens with one attached hydrogen (secondary N) is 1. The Kier molecular flexibility index (Phi) is 5.39. The number of nitrogens with two attached hydrogens (primary N) is 1. The second kappa shape index (κ2) is 7.06. The molecule has 5 nitrogen and oxygen atoms in total. The SMILES string of the molecule is COC(=O)NC1CCN(Cc2ccc(C(N)=S)cc2Cl)C1. The van der Waals surface area contributed by atoms with E-state index in [1.807, 2.05) is 12.1 Å². The largest absolute Gasteiger partial charge is 0.453 e. The Morgan fingerprint density at radius 3 is 3.00 bits per heavy atom. The van der Waals surface area contributed by atoms with Crippen LogP contribution in [0.5, 0.6) is 0 Å². The molecule has 1 aromatic carbocycles. The minimum Gasteiger partial charge on any atom is -0.453 e. The number of alkyl carbamates (subject to hydrolysis) is 1. The number of amides is 1. The summed E-state index contributed by atoms with van der Waals surface area (Å²) in [7, 11) is 1.37. The van der Waals surface area contributed by atoms with E-state index in [1.165, 1.54) is 7.11 Å². The Labute approximate surface area is 134 Å². The summed E-state index contributed by atoms with van der Waals surface area (Å²) < 4.78 is 4.61. The first-order valence-electron chi connectivity index (χ1n) is 6.64. The van der Waals surface area contributed by atoms with Crippen LogP contribution < -0.4 is 11.1 Å². The molecule has 1 aliphatic heterocycles. The molecule has 1 fully saturated rings. The number of carbonyl (C=O) groups is 1. The third-order valence-corrected chi connectivity index (χ3v) is 4.10. The normalized spacial score (nSPS) is 18.5. The highest BCUT2D eigenvalue weighted by Gasteiger charge is 2.24. The Bertz CT molecular complexity index is 553. The molecule has 1 amide bonds. The molecule has 1 aromatic rings. The predicted octanol–water partition coefficient (Wildman–Crippen LogP) is 1.90. The molecule has 0 spiro atoms. The maximum Gasteiger partial charge on any atom is 0.407 e. The van der Waals surface area contributed by atoms with Gasteiger partial charge in [0.25, 0.3) is 0 Å².